The molecule has 43 heavy (non-hydrogen) atoms. The summed E-state index contributed by atoms with van der Waals surface area (Å²) in [5.74, 6) is -1.08. The standard InChI is InChI=1S/C42H24O/c1-2-10-30-25(6-1)7-3-11-32(30)33-20-15-28-16-21-35-31(19-14-27-17-22-36(33)42(28)41(27)35)29-18-23-38-37(24-29)34-12-4-8-26-9-5-13-39(43-38)40(26)34/h1-24H/i1D,2D,3D,4D,5D,6D,7D,8D,9D,10D,11D,12D,13D,14D,15D,16D,17D,18D,19D,20D,21D,22D,23D,24D. The van der Waals surface area contributed by atoms with E-state index in [0.29, 0.717) is 0 Å². The minimum absolute atomic E-state index is 0.290. The summed E-state index contributed by atoms with van der Waals surface area (Å²) < 4.78 is 222. The summed E-state index contributed by atoms with van der Waals surface area (Å²) >= 11 is 0. The van der Waals surface area contributed by atoms with Crippen LogP contribution in [0.25, 0.3) is 87.2 Å². The highest BCUT2D eigenvalue weighted by atomic mass is 16.5. The molecule has 0 unspecified atom stereocenters. The second kappa shape index (κ2) is 8.44. The van der Waals surface area contributed by atoms with Crippen LogP contribution in [0.1, 0.15) is 32.9 Å². The third-order valence-corrected chi connectivity index (χ3v) is 7.51. The van der Waals surface area contributed by atoms with Gasteiger partial charge in [0.15, 0.2) is 0 Å². The maximum absolute atomic E-state index is 9.70. The number of hydrogen-bond donors (Lipinski definition) is 0. The number of fused-ring (bicyclic) bond motifs is 3. The second-order valence-electron chi connectivity index (χ2n) is 9.76. The molecule has 0 amide bonds. The van der Waals surface area contributed by atoms with Gasteiger partial charge in [-0.3, -0.25) is 0 Å². The van der Waals surface area contributed by atoms with Crippen LogP contribution in [0.2, 0.25) is 0 Å². The molecule has 0 fully saturated rings. The second-order valence-corrected chi connectivity index (χ2v) is 9.76. The van der Waals surface area contributed by atoms with E-state index in [-0.39, 0.29) is 27.1 Å². The van der Waals surface area contributed by atoms with Crippen LogP contribution in [0.4, 0.5) is 0 Å². The van der Waals surface area contributed by atoms with Crippen LogP contribution >= 0.6 is 0 Å². The Balaban J connectivity index is 1.45. The predicted molar refractivity (Wildman–Crippen MR) is 182 cm³/mol. The Morgan fingerprint density at radius 3 is 1.79 bits per heavy atom. The van der Waals surface area contributed by atoms with E-state index in [1.54, 1.807) is 0 Å². The first-order valence-electron chi connectivity index (χ1n) is 24.9. The van der Waals surface area contributed by atoms with Crippen molar-refractivity contribution in [3.63, 3.8) is 0 Å². The first-order valence-corrected chi connectivity index (χ1v) is 12.9. The zero-order valence-electron chi connectivity index (χ0n) is 45.4. The van der Waals surface area contributed by atoms with Crippen molar-refractivity contribution < 1.29 is 37.6 Å². The molecule has 10 rings (SSSR count). The van der Waals surface area contributed by atoms with Crippen LogP contribution in [-0.2, 0) is 0 Å². The molecule has 1 aliphatic rings. The Bertz CT molecular complexity index is 3920. The van der Waals surface area contributed by atoms with Gasteiger partial charge in [0.2, 0.25) is 0 Å². The summed E-state index contributed by atoms with van der Waals surface area (Å²) in [5, 5.41) is -4.50. The lowest BCUT2D eigenvalue weighted by atomic mass is 9.86. The monoisotopic (exact) mass is 568 g/mol. The highest BCUT2D eigenvalue weighted by Gasteiger charge is 2.21. The van der Waals surface area contributed by atoms with E-state index in [2.05, 4.69) is 0 Å². The predicted octanol–water partition coefficient (Wildman–Crippen LogP) is 12.0. The minimum atomic E-state index is -0.887. The SMILES string of the molecule is [2H]c1c([2H])c(-c2c([2H])c([2H])c3c([2H])c([2H])c4c(-c5c([2H])c([2H])c([2H])c6c([2H])c([2H])c([2H])c([2H])c56)c([2H])c([2H])c5c([2H])c([2H])c2c3c54)c([2H])c2c1Oc1c([2H])c([2H])c([2H])c3c([2H])c([2H])c([2H])c-2c13. The van der Waals surface area contributed by atoms with E-state index in [1.165, 1.54) is 0 Å². The third-order valence-electron chi connectivity index (χ3n) is 7.51. The Morgan fingerprint density at radius 2 is 0.953 bits per heavy atom. The Hall–Kier alpha value is -5.66. The van der Waals surface area contributed by atoms with Crippen LogP contribution in [0.15, 0.2) is 145 Å². The number of ether oxygens (including phenoxy) is 1. The molecule has 9 aromatic carbocycles. The summed E-state index contributed by atoms with van der Waals surface area (Å²) in [6.45, 7) is 0. The van der Waals surface area contributed by atoms with E-state index in [4.69, 9.17) is 22.6 Å². The van der Waals surface area contributed by atoms with Crippen molar-refractivity contribution in [3.05, 3.63) is 145 Å². The van der Waals surface area contributed by atoms with E-state index in [1.807, 2.05) is 0 Å². The van der Waals surface area contributed by atoms with Gasteiger partial charge in [-0.15, -0.1) is 0 Å². The van der Waals surface area contributed by atoms with E-state index < -0.39 is 217 Å². The van der Waals surface area contributed by atoms with Crippen LogP contribution < -0.4 is 4.74 Å². The first-order chi connectivity index (χ1) is 31.3. The van der Waals surface area contributed by atoms with Crippen molar-refractivity contribution in [2.45, 2.75) is 0 Å². The molecule has 0 N–H and O–H groups in total. The Morgan fingerprint density at radius 1 is 0.349 bits per heavy atom. The molecule has 0 spiro atoms. The molecule has 1 heteroatoms. The molecule has 0 bridgehead atoms. The summed E-state index contributed by atoms with van der Waals surface area (Å²) in [7, 11) is 0. The van der Waals surface area contributed by atoms with Gasteiger partial charge in [0, 0.05) is 10.9 Å². The molecule has 198 valence electrons. The number of rotatable bonds is 2. The molecule has 0 aliphatic carbocycles. The summed E-state index contributed by atoms with van der Waals surface area (Å²) in [5.41, 5.74) is -3.36. The maximum Gasteiger partial charge on any atom is 0.135 e. The lowest BCUT2D eigenvalue weighted by molar-refractivity contribution is 0.487. The topological polar surface area (TPSA) is 9.23 Å². The van der Waals surface area contributed by atoms with Crippen LogP contribution in [-0.4, -0.2) is 0 Å². The van der Waals surface area contributed by atoms with Crippen LogP contribution in [0.5, 0.6) is 11.5 Å². The molecule has 9 aromatic rings. The molecule has 1 nitrogen and oxygen atoms in total. The van der Waals surface area contributed by atoms with Crippen LogP contribution in [0, 0.1) is 0 Å². The van der Waals surface area contributed by atoms with Gasteiger partial charge in [-0.2, -0.15) is 0 Å². The first kappa shape index (κ1) is 9.97. The zero-order chi connectivity index (χ0) is 49.0. The Labute approximate surface area is 282 Å². The fourth-order valence-corrected chi connectivity index (χ4v) is 5.64. The summed E-state index contributed by atoms with van der Waals surface area (Å²) in [6.07, 6.45) is 0. The smallest absolute Gasteiger partial charge is 0.135 e. The van der Waals surface area contributed by atoms with Crippen molar-refractivity contribution in [2.75, 3.05) is 0 Å². The zero-order valence-corrected chi connectivity index (χ0v) is 21.4. The largest absolute Gasteiger partial charge is 0.456 e. The van der Waals surface area contributed by atoms with Crippen molar-refractivity contribution in [3.8, 4) is 44.9 Å². The highest BCUT2D eigenvalue weighted by Crippen LogP contribution is 2.49. The van der Waals surface area contributed by atoms with Gasteiger partial charge >= 0.3 is 0 Å². The average Bonchev–Trinajstić information content (AvgIpc) is 3.29. The van der Waals surface area contributed by atoms with E-state index in [9.17, 15) is 15.1 Å². The van der Waals surface area contributed by atoms with Gasteiger partial charge in [-0.05, 0) is 94.4 Å². The maximum atomic E-state index is 9.70. The summed E-state index contributed by atoms with van der Waals surface area (Å²) in [4.78, 5) is 0. The molecule has 0 atom stereocenters. The highest BCUT2D eigenvalue weighted by molar-refractivity contribution is 6.28. The molecule has 0 aromatic heterocycles. The molecular weight excluding hydrogens is 520 g/mol. The minimum Gasteiger partial charge on any atom is -0.456 e. The van der Waals surface area contributed by atoms with Crippen molar-refractivity contribution in [1.82, 2.24) is 0 Å². The fraction of sp³-hybridized carbons (Fsp3) is 0. The fourth-order valence-electron chi connectivity index (χ4n) is 5.64. The third kappa shape index (κ3) is 3.17. The van der Waals surface area contributed by atoms with Gasteiger partial charge in [0.1, 0.15) is 11.5 Å². The van der Waals surface area contributed by atoms with Crippen molar-refractivity contribution in [1.29, 1.82) is 0 Å². The molecule has 0 radical (unpaired) electrons. The van der Waals surface area contributed by atoms with Gasteiger partial charge in [-0.25, -0.2) is 0 Å². The molecule has 0 saturated carbocycles. The van der Waals surface area contributed by atoms with Gasteiger partial charge in [0.05, 0.1) is 32.9 Å². The van der Waals surface area contributed by atoms with Gasteiger partial charge < -0.3 is 4.74 Å². The summed E-state index contributed by atoms with van der Waals surface area (Å²) in [6, 6.07) is -19.1. The number of benzene rings is 9. The normalized spacial score (nSPS) is 20.2. The molecule has 1 aliphatic heterocycles. The van der Waals surface area contributed by atoms with Gasteiger partial charge in [0.25, 0.3) is 0 Å². The lowest BCUT2D eigenvalue weighted by Crippen LogP contribution is -1.97. The van der Waals surface area contributed by atoms with Crippen LogP contribution in [0.3, 0.4) is 0 Å². The van der Waals surface area contributed by atoms with E-state index in [0.717, 1.165) is 0 Å². The van der Waals surface area contributed by atoms with Crippen molar-refractivity contribution in [2.24, 2.45) is 0 Å². The average molecular weight is 569 g/mol. The lowest BCUT2D eigenvalue weighted by Gasteiger charge is -2.22. The molecule has 0 saturated heterocycles. The van der Waals surface area contributed by atoms with Crippen molar-refractivity contribution >= 4 is 53.9 Å². The Kier molecular flexibility index (Phi) is 1.96. The molecule has 1 heterocycles. The molecular formula is C42H24O. The number of hydrogen-bond acceptors (Lipinski definition) is 1. The van der Waals surface area contributed by atoms with Gasteiger partial charge in [-0.1, -0.05) is 127 Å². The van der Waals surface area contributed by atoms with E-state index >= 15 is 0 Å². The quantitative estimate of drug-likeness (QED) is 0.188.